The molecule has 0 fully saturated rings. The van der Waals surface area contributed by atoms with Gasteiger partial charge in [-0.3, -0.25) is 14.3 Å². The highest BCUT2D eigenvalue weighted by Gasteiger charge is 2.18. The van der Waals surface area contributed by atoms with E-state index in [9.17, 15) is 4.79 Å². The van der Waals surface area contributed by atoms with E-state index in [1.54, 1.807) is 13.1 Å². The van der Waals surface area contributed by atoms with Crippen LogP contribution in [0.1, 0.15) is 27.7 Å². The smallest absolute Gasteiger partial charge is 0.285 e. The number of aryl methyl sites for hydroxylation is 1. The monoisotopic (exact) mass is 241 g/mol. The first kappa shape index (κ1) is 11.8. The molecule has 0 aliphatic carbocycles. The summed E-state index contributed by atoms with van der Waals surface area (Å²) < 4.78 is 1.50. The van der Waals surface area contributed by atoms with Crippen molar-refractivity contribution in [3.8, 4) is 18.2 Å². The molecule has 0 saturated heterocycles. The van der Waals surface area contributed by atoms with Gasteiger partial charge in [0.1, 0.15) is 5.69 Å². The molecule has 2 rings (SSSR count). The van der Waals surface area contributed by atoms with Crippen molar-refractivity contribution in [2.75, 3.05) is 0 Å². The van der Waals surface area contributed by atoms with Gasteiger partial charge in [-0.05, 0) is 19.8 Å². The standard InChI is InChI=1S/C12H11N5O/c1-4-9-8(3)17(12(16-9)11(13)18)10-6-14-7(2)5-15-10/h1,5-6H,2-3H3,(H2,13,18). The molecule has 2 N–H and O–H groups in total. The number of hydrogen-bond acceptors (Lipinski definition) is 4. The molecule has 90 valence electrons. The number of imidazole rings is 1. The Morgan fingerprint density at radius 1 is 1.39 bits per heavy atom. The molecular formula is C12H11N5O. The molecular weight excluding hydrogens is 230 g/mol. The minimum Gasteiger partial charge on any atom is -0.363 e. The molecule has 0 atom stereocenters. The van der Waals surface area contributed by atoms with Crippen molar-refractivity contribution in [2.24, 2.45) is 5.73 Å². The number of hydrogen-bond donors (Lipinski definition) is 1. The van der Waals surface area contributed by atoms with Crippen molar-refractivity contribution >= 4 is 5.91 Å². The van der Waals surface area contributed by atoms with Crippen LogP contribution in [-0.2, 0) is 0 Å². The van der Waals surface area contributed by atoms with Crippen molar-refractivity contribution in [3.05, 3.63) is 35.3 Å². The van der Waals surface area contributed by atoms with Gasteiger partial charge in [-0.1, -0.05) is 0 Å². The summed E-state index contributed by atoms with van der Waals surface area (Å²) in [6.07, 6.45) is 8.45. The Kier molecular flexibility index (Phi) is 2.81. The van der Waals surface area contributed by atoms with E-state index in [4.69, 9.17) is 12.2 Å². The van der Waals surface area contributed by atoms with E-state index in [2.05, 4.69) is 20.9 Å². The van der Waals surface area contributed by atoms with E-state index in [0.29, 0.717) is 17.2 Å². The molecule has 2 heterocycles. The lowest BCUT2D eigenvalue weighted by molar-refractivity contribution is 0.0988. The van der Waals surface area contributed by atoms with Crippen molar-refractivity contribution in [1.82, 2.24) is 19.5 Å². The molecule has 0 spiro atoms. The highest BCUT2D eigenvalue weighted by atomic mass is 16.1. The number of aromatic nitrogens is 4. The molecule has 0 radical (unpaired) electrons. The fourth-order valence-corrected chi connectivity index (χ4v) is 1.59. The molecule has 0 aliphatic rings. The highest BCUT2D eigenvalue weighted by molar-refractivity contribution is 5.90. The first-order chi connectivity index (χ1) is 8.54. The predicted octanol–water partition coefficient (Wildman–Crippen LogP) is 0.359. The summed E-state index contributed by atoms with van der Waals surface area (Å²) >= 11 is 0. The summed E-state index contributed by atoms with van der Waals surface area (Å²) in [5.41, 5.74) is 7.05. The second-order valence-corrected chi connectivity index (χ2v) is 3.73. The van der Waals surface area contributed by atoms with Crippen LogP contribution in [0.25, 0.3) is 5.82 Å². The third kappa shape index (κ3) is 1.82. The van der Waals surface area contributed by atoms with Crippen molar-refractivity contribution in [2.45, 2.75) is 13.8 Å². The van der Waals surface area contributed by atoms with Crippen LogP contribution in [0.15, 0.2) is 12.4 Å². The maximum absolute atomic E-state index is 11.4. The molecule has 0 bridgehead atoms. The topological polar surface area (TPSA) is 86.7 Å². The number of terminal acetylenes is 1. The number of nitrogens with two attached hydrogens (primary N) is 1. The average Bonchev–Trinajstić information content (AvgIpc) is 2.68. The molecule has 2 aromatic rings. The van der Waals surface area contributed by atoms with Crippen LogP contribution in [0.5, 0.6) is 0 Å². The van der Waals surface area contributed by atoms with Gasteiger partial charge in [0.2, 0.25) is 5.82 Å². The normalized spacial score (nSPS) is 10.1. The van der Waals surface area contributed by atoms with Crippen LogP contribution in [0.3, 0.4) is 0 Å². The molecule has 0 aromatic carbocycles. The molecule has 6 heteroatoms. The Morgan fingerprint density at radius 2 is 2.11 bits per heavy atom. The summed E-state index contributed by atoms with van der Waals surface area (Å²) in [6, 6.07) is 0. The van der Waals surface area contributed by atoms with Crippen LogP contribution in [-0.4, -0.2) is 25.4 Å². The fraction of sp³-hybridized carbons (Fsp3) is 0.167. The van der Waals surface area contributed by atoms with Gasteiger partial charge in [0, 0.05) is 0 Å². The van der Waals surface area contributed by atoms with Crippen LogP contribution in [0, 0.1) is 26.2 Å². The van der Waals surface area contributed by atoms with Crippen molar-refractivity contribution < 1.29 is 4.79 Å². The Labute approximate surface area is 104 Å². The van der Waals surface area contributed by atoms with E-state index in [1.807, 2.05) is 6.92 Å². The zero-order chi connectivity index (χ0) is 13.3. The number of carbonyl (C=O) groups excluding carboxylic acids is 1. The summed E-state index contributed by atoms with van der Waals surface area (Å²) in [6.45, 7) is 3.57. The summed E-state index contributed by atoms with van der Waals surface area (Å²) in [5.74, 6) is 2.25. The quantitative estimate of drug-likeness (QED) is 0.769. The molecule has 2 aromatic heterocycles. The number of nitrogens with zero attached hydrogens (tertiary/aromatic N) is 4. The minimum atomic E-state index is -0.665. The lowest BCUT2D eigenvalue weighted by Gasteiger charge is -2.06. The van der Waals surface area contributed by atoms with Crippen molar-refractivity contribution in [3.63, 3.8) is 0 Å². The molecule has 0 saturated carbocycles. The maximum Gasteiger partial charge on any atom is 0.285 e. The SMILES string of the molecule is C#Cc1nc(C(N)=O)n(-c2cnc(C)cn2)c1C. The highest BCUT2D eigenvalue weighted by Crippen LogP contribution is 2.15. The lowest BCUT2D eigenvalue weighted by atomic mass is 10.3. The molecule has 6 nitrogen and oxygen atoms in total. The number of primary amides is 1. The molecule has 18 heavy (non-hydrogen) atoms. The van der Waals surface area contributed by atoms with Crippen LogP contribution in [0.2, 0.25) is 0 Å². The largest absolute Gasteiger partial charge is 0.363 e. The Balaban J connectivity index is 2.70. The first-order valence-corrected chi connectivity index (χ1v) is 5.19. The van der Waals surface area contributed by atoms with E-state index in [-0.39, 0.29) is 5.82 Å². The number of amides is 1. The van der Waals surface area contributed by atoms with Gasteiger partial charge in [0.15, 0.2) is 5.82 Å². The van der Waals surface area contributed by atoms with Gasteiger partial charge in [-0.25, -0.2) is 9.97 Å². The fourth-order valence-electron chi connectivity index (χ4n) is 1.59. The van der Waals surface area contributed by atoms with Gasteiger partial charge < -0.3 is 5.73 Å². The first-order valence-electron chi connectivity index (χ1n) is 5.19. The summed E-state index contributed by atoms with van der Waals surface area (Å²) in [7, 11) is 0. The Morgan fingerprint density at radius 3 is 2.61 bits per heavy atom. The van der Waals surface area contributed by atoms with Crippen LogP contribution >= 0.6 is 0 Å². The van der Waals surface area contributed by atoms with Crippen LogP contribution in [0.4, 0.5) is 0 Å². The zero-order valence-corrected chi connectivity index (χ0v) is 10.0. The third-order valence-electron chi connectivity index (χ3n) is 2.46. The summed E-state index contributed by atoms with van der Waals surface area (Å²) in [5, 5.41) is 0. The van der Waals surface area contributed by atoms with Gasteiger partial charge in [-0.15, -0.1) is 6.42 Å². The molecule has 1 amide bonds. The van der Waals surface area contributed by atoms with E-state index in [1.165, 1.54) is 10.8 Å². The second kappa shape index (κ2) is 4.30. The maximum atomic E-state index is 11.4. The van der Waals surface area contributed by atoms with Gasteiger partial charge in [0.25, 0.3) is 5.91 Å². The van der Waals surface area contributed by atoms with Gasteiger partial charge in [0.05, 0.1) is 23.8 Å². The van der Waals surface area contributed by atoms with Gasteiger partial charge in [-0.2, -0.15) is 0 Å². The minimum absolute atomic E-state index is 0.0543. The van der Waals surface area contributed by atoms with E-state index in [0.717, 1.165) is 5.69 Å². The number of carbonyl (C=O) groups is 1. The van der Waals surface area contributed by atoms with Crippen molar-refractivity contribution in [1.29, 1.82) is 0 Å². The van der Waals surface area contributed by atoms with Gasteiger partial charge >= 0.3 is 0 Å². The zero-order valence-electron chi connectivity index (χ0n) is 10.0. The molecule has 0 aliphatic heterocycles. The predicted molar refractivity (Wildman–Crippen MR) is 65.1 cm³/mol. The Bertz CT molecular complexity index is 648. The number of rotatable bonds is 2. The van der Waals surface area contributed by atoms with E-state index >= 15 is 0 Å². The lowest BCUT2D eigenvalue weighted by Crippen LogP contribution is -2.18. The third-order valence-corrected chi connectivity index (χ3v) is 2.46. The van der Waals surface area contributed by atoms with Crippen LogP contribution < -0.4 is 5.73 Å². The molecule has 0 unspecified atom stereocenters. The average molecular weight is 241 g/mol. The summed E-state index contributed by atoms with van der Waals surface area (Å²) in [4.78, 5) is 23.7. The Hall–Kier alpha value is -2.68. The van der Waals surface area contributed by atoms with E-state index < -0.39 is 5.91 Å². The second-order valence-electron chi connectivity index (χ2n) is 3.73.